The fourth-order valence-electron chi connectivity index (χ4n) is 1.62. The van der Waals surface area contributed by atoms with Crippen molar-refractivity contribution in [1.82, 2.24) is 4.90 Å². The van der Waals surface area contributed by atoms with Crippen LogP contribution in [0.25, 0.3) is 0 Å². The van der Waals surface area contributed by atoms with Crippen molar-refractivity contribution >= 4 is 21.2 Å². The number of nitrogens with zero attached hydrogens (tertiary/aromatic N) is 2. The Morgan fingerprint density at radius 2 is 1.90 bits per heavy atom. The van der Waals surface area contributed by atoms with Crippen molar-refractivity contribution in [2.24, 2.45) is 0 Å². The summed E-state index contributed by atoms with van der Waals surface area (Å²) >= 11 is 0. The van der Waals surface area contributed by atoms with Gasteiger partial charge in [-0.05, 0) is 40.1 Å². The van der Waals surface area contributed by atoms with Gasteiger partial charge in [0.15, 0.2) is 9.84 Å². The average molecular weight is 315 g/mol. The number of nitro groups is 1. The first-order chi connectivity index (χ1) is 9.47. The third-order valence-corrected chi connectivity index (χ3v) is 4.63. The van der Waals surface area contributed by atoms with Crippen LogP contribution in [0.1, 0.15) is 13.8 Å². The number of para-hydroxylation sites is 1. The molecule has 21 heavy (non-hydrogen) atoms. The molecule has 1 N–H and O–H groups in total. The summed E-state index contributed by atoms with van der Waals surface area (Å²) in [6.45, 7) is 4.40. The van der Waals surface area contributed by atoms with Crippen LogP contribution < -0.4 is 5.32 Å². The lowest BCUT2D eigenvalue weighted by molar-refractivity contribution is -0.386. The summed E-state index contributed by atoms with van der Waals surface area (Å²) in [4.78, 5) is 12.3. The number of likely N-dealkylation sites (N-methyl/N-ethyl adjacent to an activating group) is 1. The van der Waals surface area contributed by atoms with Crippen LogP contribution in [0.2, 0.25) is 0 Å². The number of nitro benzene ring substituents is 1. The molecule has 0 spiro atoms. The van der Waals surface area contributed by atoms with Crippen LogP contribution >= 0.6 is 0 Å². The monoisotopic (exact) mass is 315 g/mol. The zero-order valence-corrected chi connectivity index (χ0v) is 13.7. The molecule has 0 fully saturated rings. The predicted octanol–water partition coefficient (Wildman–Crippen LogP) is 1.75. The quantitative estimate of drug-likeness (QED) is 0.635. The number of benzene rings is 1. The molecule has 0 saturated heterocycles. The van der Waals surface area contributed by atoms with Crippen LogP contribution in [0, 0.1) is 10.1 Å². The second kappa shape index (κ2) is 5.98. The molecule has 0 heterocycles. The van der Waals surface area contributed by atoms with E-state index in [2.05, 4.69) is 5.32 Å². The van der Waals surface area contributed by atoms with Gasteiger partial charge in [0.25, 0.3) is 0 Å². The molecular formula is C13H21N3O4S. The van der Waals surface area contributed by atoms with Crippen molar-refractivity contribution in [1.29, 1.82) is 0 Å². The molecule has 7 nitrogen and oxygen atoms in total. The lowest BCUT2D eigenvalue weighted by atomic mass is 10.0. The van der Waals surface area contributed by atoms with Crippen LogP contribution in [0.15, 0.2) is 23.1 Å². The first-order valence-corrected chi connectivity index (χ1v) is 8.25. The zero-order chi connectivity index (χ0) is 16.4. The highest BCUT2D eigenvalue weighted by molar-refractivity contribution is 7.90. The van der Waals surface area contributed by atoms with Crippen LogP contribution in [0.3, 0.4) is 0 Å². The number of hydrogen-bond acceptors (Lipinski definition) is 6. The first kappa shape index (κ1) is 17.4. The summed E-state index contributed by atoms with van der Waals surface area (Å²) in [6.07, 6.45) is 0.961. The van der Waals surface area contributed by atoms with Gasteiger partial charge >= 0.3 is 5.69 Å². The number of rotatable bonds is 6. The SMILES string of the molecule is CN(C)C(C)(C)CNc1cccc(S(C)(=O)=O)c1[N+](=O)[O-]. The minimum absolute atomic E-state index is 0.206. The summed E-state index contributed by atoms with van der Waals surface area (Å²) in [5, 5.41) is 14.2. The third kappa shape index (κ3) is 4.15. The Bertz CT molecular complexity index is 639. The first-order valence-electron chi connectivity index (χ1n) is 6.35. The molecule has 0 aliphatic rings. The van der Waals surface area contributed by atoms with E-state index in [1.807, 2.05) is 32.8 Å². The molecule has 0 bridgehead atoms. The molecule has 0 aliphatic heterocycles. The average Bonchev–Trinajstić information content (AvgIpc) is 2.34. The fourth-order valence-corrected chi connectivity index (χ4v) is 2.48. The highest BCUT2D eigenvalue weighted by Gasteiger charge is 2.27. The fraction of sp³-hybridized carbons (Fsp3) is 0.538. The zero-order valence-electron chi connectivity index (χ0n) is 12.9. The van der Waals surface area contributed by atoms with Gasteiger partial charge in [-0.15, -0.1) is 0 Å². The number of nitrogens with one attached hydrogen (secondary N) is 1. The summed E-state index contributed by atoms with van der Waals surface area (Å²) < 4.78 is 23.4. The Kier molecular flexibility index (Phi) is 4.95. The summed E-state index contributed by atoms with van der Waals surface area (Å²) in [7, 11) is 0.148. The van der Waals surface area contributed by atoms with E-state index in [1.165, 1.54) is 18.2 Å². The van der Waals surface area contributed by atoms with Crippen molar-refractivity contribution in [3.8, 4) is 0 Å². The molecule has 1 aromatic rings. The molecule has 8 heteroatoms. The third-order valence-electron chi connectivity index (χ3n) is 3.50. The molecule has 0 unspecified atom stereocenters. The molecule has 1 aromatic carbocycles. The van der Waals surface area contributed by atoms with E-state index in [9.17, 15) is 18.5 Å². The van der Waals surface area contributed by atoms with Crippen LogP contribution in [0.4, 0.5) is 11.4 Å². The van der Waals surface area contributed by atoms with Crippen molar-refractivity contribution in [2.75, 3.05) is 32.2 Å². The lowest BCUT2D eigenvalue weighted by Crippen LogP contribution is -2.44. The highest BCUT2D eigenvalue weighted by Crippen LogP contribution is 2.32. The number of anilines is 1. The van der Waals surface area contributed by atoms with Gasteiger partial charge in [0, 0.05) is 18.3 Å². The van der Waals surface area contributed by atoms with E-state index in [4.69, 9.17) is 0 Å². The van der Waals surface area contributed by atoms with Gasteiger partial charge in [0.05, 0.1) is 4.92 Å². The van der Waals surface area contributed by atoms with Gasteiger partial charge in [-0.25, -0.2) is 8.42 Å². The van der Waals surface area contributed by atoms with E-state index in [0.717, 1.165) is 6.26 Å². The van der Waals surface area contributed by atoms with Crippen LogP contribution in [-0.4, -0.2) is 50.7 Å². The minimum Gasteiger partial charge on any atom is -0.378 e. The Morgan fingerprint density at radius 3 is 2.33 bits per heavy atom. The molecule has 0 aliphatic carbocycles. The Balaban J connectivity index is 3.23. The van der Waals surface area contributed by atoms with E-state index < -0.39 is 20.4 Å². The van der Waals surface area contributed by atoms with Gasteiger partial charge in [-0.2, -0.15) is 0 Å². The standard InChI is InChI=1S/C13H21N3O4S/c1-13(2,15(3)4)9-14-10-7-6-8-11(21(5,19)20)12(10)16(17)18/h6-8,14H,9H2,1-5H3. The van der Waals surface area contributed by atoms with Crippen molar-refractivity contribution < 1.29 is 13.3 Å². The summed E-state index contributed by atoms with van der Waals surface area (Å²) in [6, 6.07) is 4.25. The lowest BCUT2D eigenvalue weighted by Gasteiger charge is -2.33. The van der Waals surface area contributed by atoms with Crippen molar-refractivity contribution in [3.63, 3.8) is 0 Å². The second-order valence-corrected chi connectivity index (χ2v) is 7.73. The predicted molar refractivity (Wildman–Crippen MR) is 82.5 cm³/mol. The van der Waals surface area contributed by atoms with E-state index in [-0.39, 0.29) is 16.1 Å². The summed E-state index contributed by atoms with van der Waals surface area (Å²) in [5.41, 5.74) is -0.443. The van der Waals surface area contributed by atoms with Gasteiger partial charge in [0.1, 0.15) is 10.6 Å². The minimum atomic E-state index is -3.66. The normalized spacial score (nSPS) is 12.5. The Hall–Kier alpha value is -1.67. The molecule has 0 saturated carbocycles. The molecule has 0 radical (unpaired) electrons. The maximum absolute atomic E-state index is 11.7. The second-order valence-electron chi connectivity index (χ2n) is 5.74. The molecule has 118 valence electrons. The number of sulfone groups is 1. The maximum atomic E-state index is 11.7. The maximum Gasteiger partial charge on any atom is 0.310 e. The van der Waals surface area contributed by atoms with Gasteiger partial charge in [-0.1, -0.05) is 6.07 Å². The van der Waals surface area contributed by atoms with Gasteiger partial charge in [-0.3, -0.25) is 10.1 Å². The van der Waals surface area contributed by atoms with Crippen LogP contribution in [-0.2, 0) is 9.84 Å². The van der Waals surface area contributed by atoms with E-state index >= 15 is 0 Å². The van der Waals surface area contributed by atoms with Gasteiger partial charge in [0.2, 0.25) is 0 Å². The van der Waals surface area contributed by atoms with Crippen molar-refractivity contribution in [2.45, 2.75) is 24.3 Å². The molecule has 1 rings (SSSR count). The molecular weight excluding hydrogens is 294 g/mol. The highest BCUT2D eigenvalue weighted by atomic mass is 32.2. The smallest absolute Gasteiger partial charge is 0.310 e. The Labute approximate surface area is 125 Å². The molecule has 0 amide bonds. The topological polar surface area (TPSA) is 92.6 Å². The Morgan fingerprint density at radius 1 is 1.33 bits per heavy atom. The number of hydrogen-bond donors (Lipinski definition) is 1. The molecule has 0 aromatic heterocycles. The van der Waals surface area contributed by atoms with Gasteiger partial charge < -0.3 is 10.2 Å². The van der Waals surface area contributed by atoms with E-state index in [1.54, 1.807) is 0 Å². The van der Waals surface area contributed by atoms with Crippen LogP contribution in [0.5, 0.6) is 0 Å². The van der Waals surface area contributed by atoms with Crippen molar-refractivity contribution in [3.05, 3.63) is 28.3 Å². The largest absolute Gasteiger partial charge is 0.378 e. The summed E-state index contributed by atoms with van der Waals surface area (Å²) in [5.74, 6) is 0. The molecule has 0 atom stereocenters. The van der Waals surface area contributed by atoms with E-state index in [0.29, 0.717) is 6.54 Å².